The average Bonchev–Trinajstić information content (AvgIpc) is 2.71. The number of phenolic OH excluding ortho intramolecular Hbond substituents is 1. The van der Waals surface area contributed by atoms with Crippen molar-refractivity contribution < 1.29 is 9.84 Å². The first-order chi connectivity index (χ1) is 7.70. The average molecular weight is 221 g/mol. The summed E-state index contributed by atoms with van der Waals surface area (Å²) in [6.45, 7) is 4.82. The molecule has 2 rings (SSSR count). The third-order valence-electron chi connectivity index (χ3n) is 3.25. The van der Waals surface area contributed by atoms with E-state index in [9.17, 15) is 5.11 Å². The van der Waals surface area contributed by atoms with Crippen LogP contribution in [0.5, 0.6) is 5.75 Å². The number of aromatic hydroxyl groups is 1. The summed E-state index contributed by atoms with van der Waals surface area (Å²) < 4.78 is 5.18. The van der Waals surface area contributed by atoms with Crippen LogP contribution in [0, 0.1) is 12.8 Å². The number of rotatable bonds is 3. The maximum absolute atomic E-state index is 9.68. The number of nitrogens with zero attached hydrogens (tertiary/aromatic N) is 1. The Labute approximate surface area is 96.6 Å². The zero-order chi connectivity index (χ0) is 11.5. The molecule has 3 heteroatoms. The van der Waals surface area contributed by atoms with Gasteiger partial charge in [0.25, 0.3) is 0 Å². The fraction of sp³-hybridized carbons (Fsp3) is 0.538. The number of ether oxygens (including phenoxy) is 1. The molecule has 0 radical (unpaired) electrons. The maximum Gasteiger partial charge on any atom is 0.120 e. The molecule has 0 spiro atoms. The Hall–Kier alpha value is -1.22. The molecule has 3 nitrogen and oxygen atoms in total. The Morgan fingerprint density at radius 2 is 2.31 bits per heavy atom. The highest BCUT2D eigenvalue weighted by molar-refractivity contribution is 5.53. The van der Waals surface area contributed by atoms with E-state index in [1.54, 1.807) is 7.11 Å². The molecule has 1 aliphatic heterocycles. The number of aryl methyl sites for hydroxylation is 1. The van der Waals surface area contributed by atoms with Gasteiger partial charge >= 0.3 is 0 Å². The minimum absolute atomic E-state index is 0.382. The minimum atomic E-state index is 0.382. The summed E-state index contributed by atoms with van der Waals surface area (Å²) >= 11 is 0. The zero-order valence-corrected chi connectivity index (χ0v) is 9.94. The van der Waals surface area contributed by atoms with E-state index in [-0.39, 0.29) is 0 Å². The summed E-state index contributed by atoms with van der Waals surface area (Å²) in [6, 6.07) is 5.89. The first-order valence-electron chi connectivity index (χ1n) is 5.74. The Morgan fingerprint density at radius 3 is 3.00 bits per heavy atom. The maximum atomic E-state index is 9.68. The van der Waals surface area contributed by atoms with Gasteiger partial charge in [-0.25, -0.2) is 0 Å². The molecule has 1 aromatic carbocycles. The van der Waals surface area contributed by atoms with E-state index in [1.807, 2.05) is 19.1 Å². The van der Waals surface area contributed by atoms with Crippen molar-refractivity contribution in [2.45, 2.75) is 13.3 Å². The summed E-state index contributed by atoms with van der Waals surface area (Å²) in [6.07, 6.45) is 1.17. The Balaban J connectivity index is 2.05. The summed E-state index contributed by atoms with van der Waals surface area (Å²) in [5.41, 5.74) is 2.04. The molecule has 0 bridgehead atoms. The van der Waals surface area contributed by atoms with Crippen LogP contribution in [0.2, 0.25) is 0 Å². The van der Waals surface area contributed by atoms with Crippen molar-refractivity contribution in [3.8, 4) is 5.75 Å². The molecule has 1 aromatic rings. The van der Waals surface area contributed by atoms with Gasteiger partial charge < -0.3 is 14.7 Å². The molecule has 1 atom stereocenters. The van der Waals surface area contributed by atoms with E-state index in [2.05, 4.69) is 11.0 Å². The van der Waals surface area contributed by atoms with E-state index in [0.29, 0.717) is 11.7 Å². The lowest BCUT2D eigenvalue weighted by Gasteiger charge is -2.19. The SMILES string of the molecule is COCC1CCN(c2ccc(C)c(O)c2)C1. The highest BCUT2D eigenvalue weighted by atomic mass is 16.5. The first kappa shape index (κ1) is 11.3. The summed E-state index contributed by atoms with van der Waals surface area (Å²) in [5, 5.41) is 9.68. The molecule has 0 saturated carbocycles. The Bertz CT molecular complexity index is 365. The number of hydrogen-bond acceptors (Lipinski definition) is 3. The summed E-state index contributed by atoms with van der Waals surface area (Å²) in [4.78, 5) is 2.31. The van der Waals surface area contributed by atoms with Gasteiger partial charge in [-0.15, -0.1) is 0 Å². The molecule has 1 unspecified atom stereocenters. The van der Waals surface area contributed by atoms with Crippen LogP contribution in [-0.2, 0) is 4.74 Å². The van der Waals surface area contributed by atoms with E-state index in [4.69, 9.17) is 4.74 Å². The van der Waals surface area contributed by atoms with Crippen molar-refractivity contribution in [3.63, 3.8) is 0 Å². The molecule has 0 aromatic heterocycles. The second kappa shape index (κ2) is 4.74. The molecule has 16 heavy (non-hydrogen) atoms. The normalized spacial score (nSPS) is 20.4. The predicted molar refractivity (Wildman–Crippen MR) is 65.0 cm³/mol. The van der Waals surface area contributed by atoms with E-state index in [1.165, 1.54) is 6.42 Å². The monoisotopic (exact) mass is 221 g/mol. The van der Waals surface area contributed by atoms with Gasteiger partial charge in [-0.05, 0) is 25.0 Å². The molecule has 1 saturated heterocycles. The van der Waals surface area contributed by atoms with Crippen LogP contribution in [0.25, 0.3) is 0 Å². The molecule has 0 aliphatic carbocycles. The second-order valence-corrected chi connectivity index (χ2v) is 4.53. The van der Waals surface area contributed by atoms with Gasteiger partial charge in [0, 0.05) is 37.9 Å². The van der Waals surface area contributed by atoms with Crippen molar-refractivity contribution >= 4 is 5.69 Å². The fourth-order valence-corrected chi connectivity index (χ4v) is 2.23. The molecule has 1 aliphatic rings. The van der Waals surface area contributed by atoms with E-state index >= 15 is 0 Å². The lowest BCUT2D eigenvalue weighted by atomic mass is 10.1. The Kier molecular flexibility index (Phi) is 3.34. The number of benzene rings is 1. The number of phenols is 1. The van der Waals surface area contributed by atoms with Crippen molar-refractivity contribution in [2.75, 3.05) is 31.7 Å². The van der Waals surface area contributed by atoms with Gasteiger partial charge in [0.2, 0.25) is 0 Å². The quantitative estimate of drug-likeness (QED) is 0.849. The topological polar surface area (TPSA) is 32.7 Å². The van der Waals surface area contributed by atoms with E-state index in [0.717, 1.165) is 30.9 Å². The van der Waals surface area contributed by atoms with Crippen LogP contribution in [0.15, 0.2) is 18.2 Å². The van der Waals surface area contributed by atoms with Crippen molar-refractivity contribution in [1.82, 2.24) is 0 Å². The third kappa shape index (κ3) is 2.30. The highest BCUT2D eigenvalue weighted by Crippen LogP contribution is 2.28. The van der Waals surface area contributed by atoms with Crippen LogP contribution < -0.4 is 4.90 Å². The minimum Gasteiger partial charge on any atom is -0.508 e. The van der Waals surface area contributed by atoms with Crippen molar-refractivity contribution in [1.29, 1.82) is 0 Å². The largest absolute Gasteiger partial charge is 0.508 e. The number of methoxy groups -OCH3 is 1. The second-order valence-electron chi connectivity index (χ2n) is 4.53. The first-order valence-corrected chi connectivity index (χ1v) is 5.74. The molecule has 1 heterocycles. The molecular weight excluding hydrogens is 202 g/mol. The smallest absolute Gasteiger partial charge is 0.120 e. The third-order valence-corrected chi connectivity index (χ3v) is 3.25. The van der Waals surface area contributed by atoms with Gasteiger partial charge in [0.1, 0.15) is 5.75 Å². The van der Waals surface area contributed by atoms with E-state index < -0.39 is 0 Å². The van der Waals surface area contributed by atoms with Crippen molar-refractivity contribution in [2.24, 2.45) is 5.92 Å². The van der Waals surface area contributed by atoms with Crippen LogP contribution in [-0.4, -0.2) is 31.9 Å². The molecule has 0 amide bonds. The van der Waals surface area contributed by atoms with Gasteiger partial charge in [-0.3, -0.25) is 0 Å². The van der Waals surface area contributed by atoms with Crippen LogP contribution in [0.1, 0.15) is 12.0 Å². The van der Waals surface area contributed by atoms with Gasteiger partial charge in [0.15, 0.2) is 0 Å². The van der Waals surface area contributed by atoms with Crippen molar-refractivity contribution in [3.05, 3.63) is 23.8 Å². The number of hydrogen-bond donors (Lipinski definition) is 1. The van der Waals surface area contributed by atoms with Gasteiger partial charge in [-0.2, -0.15) is 0 Å². The number of anilines is 1. The van der Waals surface area contributed by atoms with Gasteiger partial charge in [0.05, 0.1) is 6.61 Å². The van der Waals surface area contributed by atoms with Crippen LogP contribution in [0.4, 0.5) is 5.69 Å². The predicted octanol–water partition coefficient (Wildman–Crippen LogP) is 2.17. The zero-order valence-electron chi connectivity index (χ0n) is 9.94. The standard InChI is InChI=1S/C13H19NO2/c1-10-3-4-12(7-13(10)15)14-6-5-11(8-14)9-16-2/h3-4,7,11,15H,5-6,8-9H2,1-2H3. The van der Waals surface area contributed by atoms with Crippen LogP contribution in [0.3, 0.4) is 0 Å². The molecule has 1 fully saturated rings. The van der Waals surface area contributed by atoms with Crippen LogP contribution >= 0.6 is 0 Å². The van der Waals surface area contributed by atoms with Gasteiger partial charge in [-0.1, -0.05) is 6.07 Å². The molecule has 88 valence electrons. The lowest BCUT2D eigenvalue weighted by Crippen LogP contribution is -2.20. The summed E-state index contributed by atoms with van der Waals surface area (Å²) in [5.74, 6) is 1.00. The molecule has 1 N–H and O–H groups in total. The lowest BCUT2D eigenvalue weighted by molar-refractivity contribution is 0.161. The highest BCUT2D eigenvalue weighted by Gasteiger charge is 2.22. The summed E-state index contributed by atoms with van der Waals surface area (Å²) in [7, 11) is 1.75. The molecular formula is C13H19NO2. The Morgan fingerprint density at radius 1 is 1.50 bits per heavy atom. The fourth-order valence-electron chi connectivity index (χ4n) is 2.23.